The maximum absolute atomic E-state index is 11.4. The van der Waals surface area contributed by atoms with Crippen LogP contribution in [-0.4, -0.2) is 64.4 Å². The zero-order valence-corrected chi connectivity index (χ0v) is 25.5. The highest BCUT2D eigenvalue weighted by Gasteiger charge is 2.27. The van der Waals surface area contributed by atoms with E-state index in [0.717, 1.165) is 46.0 Å². The second-order valence-corrected chi connectivity index (χ2v) is 17.7. The molecule has 2 heterocycles. The average Bonchev–Trinajstić information content (AvgIpc) is 3.51. The van der Waals surface area contributed by atoms with Crippen molar-refractivity contribution in [2.45, 2.75) is 31.2 Å². The number of rotatable bonds is 14. The van der Waals surface area contributed by atoms with Crippen molar-refractivity contribution in [3.8, 4) is 0 Å². The van der Waals surface area contributed by atoms with Gasteiger partial charge in [0.1, 0.15) is 0 Å². The lowest BCUT2D eigenvalue weighted by Crippen LogP contribution is -2.07. The van der Waals surface area contributed by atoms with Crippen molar-refractivity contribution >= 4 is 104 Å². The van der Waals surface area contributed by atoms with Crippen LogP contribution in [0.1, 0.15) is 11.1 Å². The number of hydrogen-bond acceptors (Lipinski definition) is 10. The van der Waals surface area contributed by atoms with Crippen molar-refractivity contribution in [3.63, 3.8) is 0 Å². The summed E-state index contributed by atoms with van der Waals surface area (Å²) in [5, 5.41) is 1.31. The Balaban J connectivity index is 1.33. The molecule has 0 aliphatic carbocycles. The van der Waals surface area contributed by atoms with E-state index in [0.29, 0.717) is 19.7 Å². The quantitative estimate of drug-likeness (QED) is 0.200. The predicted molar refractivity (Wildman–Crippen MR) is 169 cm³/mol. The molecule has 2 nitrogen and oxygen atoms in total. The van der Waals surface area contributed by atoms with Gasteiger partial charge in [0.05, 0.1) is 9.16 Å². The molecule has 10 heteroatoms. The second kappa shape index (κ2) is 16.6. The van der Waals surface area contributed by atoms with Gasteiger partial charge in [-0.3, -0.25) is 9.59 Å². The monoisotopic (exact) mass is 606 g/mol. The van der Waals surface area contributed by atoms with Crippen LogP contribution in [0.2, 0.25) is 0 Å². The van der Waals surface area contributed by atoms with E-state index in [4.69, 9.17) is 0 Å². The largest absolute Gasteiger partial charge is 0.282 e. The Bertz CT molecular complexity index is 766. The number of carbonyl (C=O) groups excluding carboxylic acids is 2. The van der Waals surface area contributed by atoms with Gasteiger partial charge in [0.25, 0.3) is 0 Å². The summed E-state index contributed by atoms with van der Waals surface area (Å²) in [5.74, 6) is 8.50. The summed E-state index contributed by atoms with van der Waals surface area (Å²) in [7, 11) is 0. The van der Waals surface area contributed by atoms with Crippen LogP contribution in [0.5, 0.6) is 0 Å². The van der Waals surface area contributed by atoms with Crippen LogP contribution in [-0.2, 0) is 21.1 Å². The van der Waals surface area contributed by atoms with Gasteiger partial charge in [0.2, 0.25) is 10.2 Å². The molecule has 0 spiro atoms. The lowest BCUT2D eigenvalue weighted by molar-refractivity contribution is -0.107. The zero-order chi connectivity index (χ0) is 24.2. The van der Waals surface area contributed by atoms with Gasteiger partial charge in [-0.1, -0.05) is 60.9 Å². The smallest absolute Gasteiger partial charge is 0.211 e. The standard InChI is InChI=1S/C24H30O2S8/c1-3-21(25)29-11-19-13-31-23(33-19)15-27-9-17-7-5-6-8-18(17)10-28-16-24-32-14-20(34-24)12-30-22(26)4-2/h3-8,19-20,23-24H,1-2,9-16H2. The van der Waals surface area contributed by atoms with E-state index in [1.54, 1.807) is 0 Å². The fourth-order valence-corrected chi connectivity index (χ4v) is 15.0. The van der Waals surface area contributed by atoms with E-state index in [1.165, 1.54) is 46.8 Å². The Hall–Kier alpha value is 0.840. The minimum absolute atomic E-state index is 0.0850. The van der Waals surface area contributed by atoms with Gasteiger partial charge in [-0.15, -0.1) is 47.0 Å². The third-order valence-electron chi connectivity index (χ3n) is 4.92. The normalized spacial score (nSPS) is 24.2. The molecule has 0 aromatic heterocycles. The molecule has 2 aliphatic rings. The molecular weight excluding hydrogens is 577 g/mol. The molecule has 0 saturated carbocycles. The molecule has 1 aromatic carbocycles. The fraction of sp³-hybridized carbons (Fsp3) is 0.500. The summed E-state index contributed by atoms with van der Waals surface area (Å²) in [6.07, 6.45) is 2.83. The van der Waals surface area contributed by atoms with E-state index >= 15 is 0 Å². The Morgan fingerprint density at radius 3 is 1.65 bits per heavy atom. The highest BCUT2D eigenvalue weighted by Crippen LogP contribution is 2.42. The van der Waals surface area contributed by atoms with Crippen LogP contribution >= 0.6 is 94.1 Å². The molecule has 4 atom stereocenters. The highest BCUT2D eigenvalue weighted by atomic mass is 32.2. The number of benzene rings is 1. The maximum atomic E-state index is 11.4. The Kier molecular flexibility index (Phi) is 14.4. The third kappa shape index (κ3) is 10.7. The van der Waals surface area contributed by atoms with Crippen LogP contribution in [0.15, 0.2) is 49.6 Å². The van der Waals surface area contributed by atoms with Crippen LogP contribution in [0.3, 0.4) is 0 Å². The topological polar surface area (TPSA) is 34.1 Å². The summed E-state index contributed by atoms with van der Waals surface area (Å²) < 4.78 is 1.25. The third-order valence-corrected chi connectivity index (χ3v) is 16.9. The van der Waals surface area contributed by atoms with Gasteiger partial charge >= 0.3 is 0 Å². The fourth-order valence-electron chi connectivity index (χ4n) is 3.20. The molecule has 1 aromatic rings. The summed E-state index contributed by atoms with van der Waals surface area (Å²) in [5.41, 5.74) is 2.92. The molecule has 0 radical (unpaired) electrons. The second-order valence-electron chi connectivity index (χ2n) is 7.51. The molecule has 0 amide bonds. The lowest BCUT2D eigenvalue weighted by atomic mass is 10.1. The van der Waals surface area contributed by atoms with Crippen molar-refractivity contribution in [1.29, 1.82) is 0 Å². The minimum Gasteiger partial charge on any atom is -0.282 e. The minimum atomic E-state index is 0.0850. The number of thioether (sulfide) groups is 8. The van der Waals surface area contributed by atoms with Gasteiger partial charge in [-0.25, -0.2) is 0 Å². The summed E-state index contributed by atoms with van der Waals surface area (Å²) in [4.78, 5) is 22.9. The van der Waals surface area contributed by atoms with Gasteiger partial charge in [0, 0.05) is 56.5 Å². The van der Waals surface area contributed by atoms with Gasteiger partial charge in [-0.05, 0) is 23.3 Å². The van der Waals surface area contributed by atoms with E-state index in [9.17, 15) is 9.59 Å². The van der Waals surface area contributed by atoms with Gasteiger partial charge < -0.3 is 0 Å². The SMILES string of the molecule is C=CC(=O)SCC1CSC(CSCc2ccccc2CSCC2SCC(CSC(=O)C=C)S2)S1. The lowest BCUT2D eigenvalue weighted by Gasteiger charge is -2.13. The van der Waals surface area contributed by atoms with E-state index < -0.39 is 0 Å². The van der Waals surface area contributed by atoms with E-state index in [-0.39, 0.29) is 10.2 Å². The van der Waals surface area contributed by atoms with E-state index in [2.05, 4.69) is 37.4 Å². The Morgan fingerprint density at radius 1 is 0.794 bits per heavy atom. The molecule has 2 aliphatic heterocycles. The summed E-state index contributed by atoms with van der Waals surface area (Å²) in [6, 6.07) is 8.87. The van der Waals surface area contributed by atoms with Crippen LogP contribution in [0, 0.1) is 0 Å². The van der Waals surface area contributed by atoms with Crippen molar-refractivity contribution in [2.24, 2.45) is 0 Å². The first-order valence-corrected chi connectivity index (χ1v) is 19.2. The first-order valence-electron chi connectivity index (χ1n) is 10.9. The van der Waals surface area contributed by atoms with Crippen molar-refractivity contribution in [1.82, 2.24) is 0 Å². The van der Waals surface area contributed by atoms with Crippen LogP contribution in [0.4, 0.5) is 0 Å². The van der Waals surface area contributed by atoms with Crippen molar-refractivity contribution in [3.05, 3.63) is 60.7 Å². The summed E-state index contributed by atoms with van der Waals surface area (Å²) in [6.45, 7) is 7.10. The zero-order valence-electron chi connectivity index (χ0n) is 18.9. The molecular formula is C24H30O2S8. The van der Waals surface area contributed by atoms with Gasteiger partial charge in [0.15, 0.2) is 0 Å². The molecule has 34 heavy (non-hydrogen) atoms. The number of hydrogen-bond donors (Lipinski definition) is 0. The van der Waals surface area contributed by atoms with Crippen molar-refractivity contribution < 1.29 is 9.59 Å². The molecule has 0 N–H and O–H groups in total. The molecule has 4 unspecified atom stereocenters. The molecule has 2 fully saturated rings. The highest BCUT2D eigenvalue weighted by molar-refractivity contribution is 8.23. The summed E-state index contributed by atoms with van der Waals surface area (Å²) >= 11 is 15.0. The first kappa shape index (κ1) is 29.4. The van der Waals surface area contributed by atoms with Crippen molar-refractivity contribution in [2.75, 3.05) is 34.5 Å². The van der Waals surface area contributed by atoms with E-state index in [1.807, 2.05) is 70.6 Å². The average molecular weight is 607 g/mol. The number of carbonyl (C=O) groups is 2. The van der Waals surface area contributed by atoms with Crippen LogP contribution in [0.25, 0.3) is 0 Å². The predicted octanol–water partition coefficient (Wildman–Crippen LogP) is 7.39. The van der Waals surface area contributed by atoms with Crippen LogP contribution < -0.4 is 0 Å². The molecule has 3 rings (SSSR count). The maximum Gasteiger partial charge on any atom is 0.211 e. The first-order chi connectivity index (χ1) is 16.6. The molecule has 186 valence electrons. The van der Waals surface area contributed by atoms with Gasteiger partial charge in [-0.2, -0.15) is 23.5 Å². The Labute approximate surface area is 238 Å². The molecule has 0 bridgehead atoms. The Morgan fingerprint density at radius 2 is 1.24 bits per heavy atom. The molecule has 2 saturated heterocycles.